The Morgan fingerprint density at radius 1 is 0.397 bits per heavy atom. The summed E-state index contributed by atoms with van der Waals surface area (Å²) in [7, 11) is 1.42. The molecule has 0 fully saturated rings. The van der Waals surface area contributed by atoms with Crippen LogP contribution in [0.4, 0.5) is 0 Å². The van der Waals surface area contributed by atoms with Gasteiger partial charge in [-0.2, -0.15) is 0 Å². The van der Waals surface area contributed by atoms with Crippen LogP contribution >= 0.6 is 7.82 Å². The van der Waals surface area contributed by atoms with E-state index in [1.165, 1.54) is 128 Å². The van der Waals surface area contributed by atoms with E-state index < -0.39 is 26.5 Å². The number of phosphoric ester groups is 1. The molecule has 0 aliphatic heterocycles. The number of phosphoric acid groups is 1. The molecule has 446 valence electrons. The molecule has 0 aromatic carbocycles. The SMILES string of the molecule is CC/C=C\C/C=C\C/C=C\C/C=C\C/C=C\C/C=C\CCC(=O)OC(COC(=O)CCCCCCCCCCCCCCCCCCCCCCCC/C=C\C/C=C\C/C=C\C/C=C\CC)COP(=O)(O)OCC[N+](C)(C)C. The Balaban J connectivity index is 4.08. The van der Waals surface area contributed by atoms with Gasteiger partial charge in [-0.15, -0.1) is 0 Å². The highest BCUT2D eigenvalue weighted by Crippen LogP contribution is 2.43. The summed E-state index contributed by atoms with van der Waals surface area (Å²) in [5.41, 5.74) is 0. The van der Waals surface area contributed by atoms with Gasteiger partial charge in [0.25, 0.3) is 0 Å². The van der Waals surface area contributed by atoms with E-state index in [0.717, 1.165) is 83.5 Å². The Morgan fingerprint density at radius 2 is 0.718 bits per heavy atom. The van der Waals surface area contributed by atoms with Crippen LogP contribution in [0.2, 0.25) is 0 Å². The van der Waals surface area contributed by atoms with Gasteiger partial charge in [-0.1, -0.05) is 264 Å². The number of ether oxygens (including phenoxy) is 2. The Morgan fingerprint density at radius 3 is 1.08 bits per heavy atom. The highest BCUT2D eigenvalue weighted by atomic mass is 31.2. The van der Waals surface area contributed by atoms with Crippen LogP contribution in [-0.4, -0.2) is 74.9 Å². The van der Waals surface area contributed by atoms with Crippen molar-refractivity contribution in [1.82, 2.24) is 0 Å². The van der Waals surface area contributed by atoms with Gasteiger partial charge in [0.1, 0.15) is 19.8 Å². The average Bonchev–Trinajstić information content (AvgIpc) is 3.41. The van der Waals surface area contributed by atoms with Crippen LogP contribution in [-0.2, 0) is 32.7 Å². The number of unbranched alkanes of at least 4 members (excludes halogenated alkanes) is 22. The third-order valence-corrected chi connectivity index (χ3v) is 14.0. The van der Waals surface area contributed by atoms with Crippen LogP contribution in [0.1, 0.15) is 245 Å². The summed E-state index contributed by atoms with van der Waals surface area (Å²) in [6, 6.07) is 0. The molecule has 0 aliphatic carbocycles. The zero-order valence-corrected chi connectivity index (χ0v) is 51.5. The van der Waals surface area contributed by atoms with Gasteiger partial charge >= 0.3 is 19.8 Å². The van der Waals surface area contributed by atoms with Crippen molar-refractivity contribution >= 4 is 19.8 Å². The van der Waals surface area contributed by atoms with Crippen molar-refractivity contribution < 1.29 is 42.1 Å². The molecule has 0 saturated carbocycles. The van der Waals surface area contributed by atoms with Crippen LogP contribution in [0.5, 0.6) is 0 Å². The number of carbonyl (C=O) groups is 2. The molecule has 0 amide bonds. The molecule has 0 radical (unpaired) electrons. The fourth-order valence-corrected chi connectivity index (χ4v) is 9.01. The van der Waals surface area contributed by atoms with Crippen molar-refractivity contribution in [2.45, 2.75) is 251 Å². The molecule has 9 nitrogen and oxygen atoms in total. The van der Waals surface area contributed by atoms with E-state index in [-0.39, 0.29) is 32.0 Å². The number of rotatable bonds is 56. The molecule has 0 aromatic heterocycles. The van der Waals surface area contributed by atoms with Crippen LogP contribution in [0.15, 0.2) is 122 Å². The van der Waals surface area contributed by atoms with Crippen LogP contribution in [0.25, 0.3) is 0 Å². The van der Waals surface area contributed by atoms with E-state index in [2.05, 4.69) is 123 Å². The lowest BCUT2D eigenvalue weighted by Crippen LogP contribution is -2.37. The molecule has 0 spiro atoms. The molecule has 1 N–H and O–H groups in total. The van der Waals surface area contributed by atoms with Crippen molar-refractivity contribution in [1.29, 1.82) is 0 Å². The second kappa shape index (κ2) is 58.1. The molecule has 0 aliphatic rings. The van der Waals surface area contributed by atoms with Gasteiger partial charge in [-0.3, -0.25) is 18.6 Å². The monoisotopic (exact) mass is 1110 g/mol. The van der Waals surface area contributed by atoms with Gasteiger partial charge in [0.05, 0.1) is 27.7 Å². The van der Waals surface area contributed by atoms with Crippen molar-refractivity contribution in [3.05, 3.63) is 122 Å². The zero-order chi connectivity index (χ0) is 57.0. The minimum Gasteiger partial charge on any atom is -0.462 e. The number of hydrogen-bond donors (Lipinski definition) is 1. The second-order valence-electron chi connectivity index (χ2n) is 21.7. The summed E-state index contributed by atoms with van der Waals surface area (Å²) >= 11 is 0. The first-order valence-electron chi connectivity index (χ1n) is 31.3. The van der Waals surface area contributed by atoms with Crippen molar-refractivity contribution in [3.8, 4) is 0 Å². The predicted octanol–water partition coefficient (Wildman–Crippen LogP) is 19.9. The zero-order valence-electron chi connectivity index (χ0n) is 50.6. The Kier molecular flexibility index (Phi) is 55.4. The van der Waals surface area contributed by atoms with Crippen LogP contribution in [0.3, 0.4) is 0 Å². The molecule has 2 atom stereocenters. The number of allylic oxidation sites excluding steroid dienone is 20. The van der Waals surface area contributed by atoms with Gasteiger partial charge in [-0.05, 0) is 89.9 Å². The van der Waals surface area contributed by atoms with E-state index in [1.807, 2.05) is 33.3 Å². The first kappa shape index (κ1) is 74.4. The molecular weight excluding hydrogens is 990 g/mol. The Hall–Kier alpha value is -3.59. The number of likely N-dealkylation sites (N-methyl/N-ethyl adjacent to an activating group) is 1. The molecule has 0 rings (SSSR count). The van der Waals surface area contributed by atoms with Crippen LogP contribution < -0.4 is 0 Å². The van der Waals surface area contributed by atoms with Gasteiger partial charge in [0, 0.05) is 12.8 Å². The Bertz CT molecular complexity index is 1730. The molecule has 0 bridgehead atoms. The molecular formula is C68H117NO8P+. The lowest BCUT2D eigenvalue weighted by molar-refractivity contribution is -0.870. The average molecular weight is 1110 g/mol. The van der Waals surface area contributed by atoms with Crippen molar-refractivity contribution in [2.24, 2.45) is 0 Å². The highest BCUT2D eigenvalue weighted by molar-refractivity contribution is 7.47. The lowest BCUT2D eigenvalue weighted by atomic mass is 10.0. The summed E-state index contributed by atoms with van der Waals surface area (Å²) in [4.78, 5) is 35.7. The maximum atomic E-state index is 12.8. The summed E-state index contributed by atoms with van der Waals surface area (Å²) in [6.07, 6.45) is 83.2. The van der Waals surface area contributed by atoms with E-state index in [4.69, 9.17) is 18.5 Å². The second-order valence-corrected chi connectivity index (χ2v) is 23.1. The number of nitrogens with zero attached hydrogens (tertiary/aromatic N) is 1. The summed E-state index contributed by atoms with van der Waals surface area (Å²) < 4.78 is 34.5. The fourth-order valence-electron chi connectivity index (χ4n) is 8.27. The van der Waals surface area contributed by atoms with E-state index in [1.54, 1.807) is 0 Å². The predicted molar refractivity (Wildman–Crippen MR) is 334 cm³/mol. The molecule has 78 heavy (non-hydrogen) atoms. The normalized spacial score (nSPS) is 14.1. The highest BCUT2D eigenvalue weighted by Gasteiger charge is 2.27. The quantitative estimate of drug-likeness (QED) is 0.0211. The fraction of sp³-hybridized carbons (Fsp3) is 0.676. The maximum Gasteiger partial charge on any atom is 0.472 e. The number of quaternary nitrogens is 1. The minimum absolute atomic E-state index is 0.0136. The molecule has 0 aromatic rings. The standard InChI is InChI=1S/C68H116NO8P/c1-6-8-10-12-14-16-18-20-22-24-26-27-28-29-30-31-32-33-34-35-36-37-38-39-40-41-43-44-46-48-50-52-54-56-58-60-67(70)74-64-66(65-76-78(72,73)75-63-62-69(3,4)5)77-68(71)61-59-57-55-53-51-49-47-45-42-25-23-21-19-17-15-13-11-9-7-2/h8-11,14-17,20-23,26-27,42,45,49,51,55,57,66H,6-7,12-13,18-19,24-25,28-41,43-44,46-48,50,52-54,56,58-65H2,1-5H3/p+1/b10-8-,11-9-,16-14-,17-15-,22-20-,23-21-,27-26-,45-42-,51-49-,57-55-. The lowest BCUT2D eigenvalue weighted by Gasteiger charge is -2.24. The van der Waals surface area contributed by atoms with E-state index in [0.29, 0.717) is 17.4 Å². The molecule has 10 heteroatoms. The van der Waals surface area contributed by atoms with Crippen molar-refractivity contribution in [3.63, 3.8) is 0 Å². The van der Waals surface area contributed by atoms with Gasteiger partial charge in [0.15, 0.2) is 6.10 Å². The minimum atomic E-state index is -4.41. The number of hydrogen-bond acceptors (Lipinski definition) is 7. The van der Waals surface area contributed by atoms with Gasteiger partial charge < -0.3 is 18.9 Å². The summed E-state index contributed by atoms with van der Waals surface area (Å²) in [6.45, 7) is 4.12. The maximum absolute atomic E-state index is 12.8. The number of carbonyl (C=O) groups excluding carboxylic acids is 2. The third kappa shape index (κ3) is 61.6. The summed E-state index contributed by atoms with van der Waals surface area (Å²) in [5.74, 6) is -0.895. The first-order chi connectivity index (χ1) is 38.0. The molecule has 0 heterocycles. The van der Waals surface area contributed by atoms with Gasteiger partial charge in [-0.25, -0.2) is 4.57 Å². The van der Waals surface area contributed by atoms with Crippen LogP contribution in [0, 0.1) is 0 Å². The number of esters is 2. The summed E-state index contributed by atoms with van der Waals surface area (Å²) in [5, 5.41) is 0. The third-order valence-electron chi connectivity index (χ3n) is 13.0. The smallest absolute Gasteiger partial charge is 0.462 e. The van der Waals surface area contributed by atoms with E-state index in [9.17, 15) is 19.0 Å². The molecule has 2 unspecified atom stereocenters. The van der Waals surface area contributed by atoms with Gasteiger partial charge in [0.2, 0.25) is 0 Å². The van der Waals surface area contributed by atoms with Crippen molar-refractivity contribution in [2.75, 3.05) is 47.5 Å². The molecule has 0 saturated heterocycles. The first-order valence-corrected chi connectivity index (χ1v) is 32.8. The topological polar surface area (TPSA) is 108 Å². The van der Waals surface area contributed by atoms with E-state index >= 15 is 0 Å². The Labute approximate surface area is 479 Å². The largest absolute Gasteiger partial charge is 0.472 e.